The molecule has 1 atom stereocenters. The Labute approximate surface area is 117 Å². The molecule has 1 aromatic rings. The van der Waals surface area contributed by atoms with Gasteiger partial charge in [-0.2, -0.15) is 22.5 Å². The van der Waals surface area contributed by atoms with Crippen LogP contribution in [0.1, 0.15) is 12.7 Å². The summed E-state index contributed by atoms with van der Waals surface area (Å²) in [7, 11) is 0. The average Bonchev–Trinajstić information content (AvgIpc) is 2.88. The van der Waals surface area contributed by atoms with E-state index in [-0.39, 0.29) is 11.0 Å². The zero-order valence-electron chi connectivity index (χ0n) is 10.7. The summed E-state index contributed by atoms with van der Waals surface area (Å²) in [6, 6.07) is -0.572. The molecule has 112 valence electrons. The van der Waals surface area contributed by atoms with Crippen LogP contribution in [0.3, 0.4) is 0 Å². The van der Waals surface area contributed by atoms with Gasteiger partial charge in [0.05, 0.1) is 0 Å². The molecule has 1 unspecified atom stereocenters. The van der Waals surface area contributed by atoms with Crippen molar-refractivity contribution in [3.63, 3.8) is 0 Å². The van der Waals surface area contributed by atoms with Crippen LogP contribution in [0.2, 0.25) is 0 Å². The SMILES string of the molecule is CCNC(=O)C1CNCCN1c1nc(C(F)(F)F)ns1. The number of hydrogen-bond donors (Lipinski definition) is 2. The molecular formula is C10H14F3N5OS. The Morgan fingerprint density at radius 2 is 2.35 bits per heavy atom. The van der Waals surface area contributed by atoms with Crippen molar-refractivity contribution in [3.8, 4) is 0 Å². The van der Waals surface area contributed by atoms with E-state index in [1.165, 1.54) is 0 Å². The smallest absolute Gasteiger partial charge is 0.355 e. The van der Waals surface area contributed by atoms with E-state index in [9.17, 15) is 18.0 Å². The zero-order valence-corrected chi connectivity index (χ0v) is 11.5. The van der Waals surface area contributed by atoms with Gasteiger partial charge in [0.15, 0.2) is 0 Å². The van der Waals surface area contributed by atoms with Crippen LogP contribution in [0.5, 0.6) is 0 Å². The van der Waals surface area contributed by atoms with Crippen molar-refractivity contribution < 1.29 is 18.0 Å². The third-order valence-corrected chi connectivity index (χ3v) is 3.56. The topological polar surface area (TPSA) is 70.2 Å². The Morgan fingerprint density at radius 3 is 2.95 bits per heavy atom. The number of alkyl halides is 3. The highest BCUT2D eigenvalue weighted by molar-refractivity contribution is 7.09. The van der Waals surface area contributed by atoms with Crippen molar-refractivity contribution in [2.75, 3.05) is 31.1 Å². The van der Waals surface area contributed by atoms with Crippen LogP contribution in [0.25, 0.3) is 0 Å². The molecular weight excluding hydrogens is 295 g/mol. The molecule has 2 N–H and O–H groups in total. The predicted octanol–water partition coefficient (Wildman–Crippen LogP) is 0.471. The first kappa shape index (κ1) is 15.0. The number of likely N-dealkylation sites (N-methyl/N-ethyl adjacent to an activating group) is 1. The molecule has 1 aliphatic heterocycles. The summed E-state index contributed by atoms with van der Waals surface area (Å²) in [6.45, 7) is 3.61. The normalized spacial score (nSPS) is 20.0. The van der Waals surface area contributed by atoms with E-state index in [0.29, 0.717) is 37.7 Å². The second kappa shape index (κ2) is 5.92. The lowest BCUT2D eigenvalue weighted by Crippen LogP contribution is -2.58. The molecule has 0 aliphatic carbocycles. The lowest BCUT2D eigenvalue weighted by atomic mass is 10.2. The molecule has 1 saturated heterocycles. The van der Waals surface area contributed by atoms with Gasteiger partial charge in [-0.05, 0) is 6.92 Å². The third kappa shape index (κ3) is 3.18. The summed E-state index contributed by atoms with van der Waals surface area (Å²) in [4.78, 5) is 17.0. The van der Waals surface area contributed by atoms with E-state index in [2.05, 4.69) is 20.0 Å². The van der Waals surface area contributed by atoms with Gasteiger partial charge in [0.1, 0.15) is 6.04 Å². The van der Waals surface area contributed by atoms with Gasteiger partial charge in [0.25, 0.3) is 0 Å². The minimum atomic E-state index is -4.57. The highest BCUT2D eigenvalue weighted by Crippen LogP contribution is 2.31. The van der Waals surface area contributed by atoms with Crippen LogP contribution >= 0.6 is 11.5 Å². The Hall–Kier alpha value is -1.42. The number of nitrogens with zero attached hydrogens (tertiary/aromatic N) is 3. The molecule has 0 aromatic carbocycles. The molecule has 2 heterocycles. The van der Waals surface area contributed by atoms with Crippen molar-refractivity contribution >= 4 is 22.6 Å². The number of rotatable bonds is 3. The fourth-order valence-corrected chi connectivity index (χ4v) is 2.67. The Balaban J connectivity index is 2.19. The molecule has 0 spiro atoms. The van der Waals surface area contributed by atoms with Gasteiger partial charge in [-0.1, -0.05) is 0 Å². The van der Waals surface area contributed by atoms with Crippen molar-refractivity contribution in [1.82, 2.24) is 20.0 Å². The number of halogens is 3. The van der Waals surface area contributed by atoms with Gasteiger partial charge in [-0.3, -0.25) is 4.79 Å². The van der Waals surface area contributed by atoms with Crippen LogP contribution in [-0.4, -0.2) is 47.5 Å². The molecule has 1 fully saturated rings. The second-order valence-corrected chi connectivity index (χ2v) is 4.94. The molecule has 0 radical (unpaired) electrons. The number of carbonyl (C=O) groups excluding carboxylic acids is 1. The summed E-state index contributed by atoms with van der Waals surface area (Å²) >= 11 is 0.659. The number of carbonyl (C=O) groups is 1. The molecule has 1 aromatic heterocycles. The van der Waals surface area contributed by atoms with Gasteiger partial charge in [-0.25, -0.2) is 0 Å². The Kier molecular flexibility index (Phi) is 4.43. The first-order valence-corrected chi connectivity index (χ1v) is 6.86. The van der Waals surface area contributed by atoms with Crippen LogP contribution < -0.4 is 15.5 Å². The fraction of sp³-hybridized carbons (Fsp3) is 0.700. The van der Waals surface area contributed by atoms with Crippen molar-refractivity contribution in [2.45, 2.75) is 19.1 Å². The van der Waals surface area contributed by atoms with Crippen molar-refractivity contribution in [1.29, 1.82) is 0 Å². The standard InChI is InChI=1S/C10H14F3N5OS/c1-2-15-7(19)6-5-14-3-4-18(6)9-16-8(17-20-9)10(11,12)13/h6,14H,2-5H2,1H3,(H,15,19). The first-order chi connectivity index (χ1) is 9.43. The van der Waals surface area contributed by atoms with Gasteiger partial charge in [0.2, 0.25) is 16.9 Å². The monoisotopic (exact) mass is 309 g/mol. The predicted molar refractivity (Wildman–Crippen MR) is 67.6 cm³/mol. The maximum Gasteiger partial charge on any atom is 0.452 e. The first-order valence-electron chi connectivity index (χ1n) is 6.09. The zero-order chi connectivity index (χ0) is 14.8. The molecule has 1 aliphatic rings. The minimum Gasteiger partial charge on any atom is -0.355 e. The van der Waals surface area contributed by atoms with Crippen LogP contribution in [0.4, 0.5) is 18.3 Å². The molecule has 6 nitrogen and oxygen atoms in total. The van der Waals surface area contributed by atoms with Gasteiger partial charge < -0.3 is 15.5 Å². The number of aromatic nitrogens is 2. The molecule has 0 bridgehead atoms. The lowest BCUT2D eigenvalue weighted by Gasteiger charge is -2.34. The fourth-order valence-electron chi connectivity index (χ4n) is 1.91. The van der Waals surface area contributed by atoms with Gasteiger partial charge in [-0.15, -0.1) is 0 Å². The van der Waals surface area contributed by atoms with E-state index < -0.39 is 18.0 Å². The summed E-state index contributed by atoms with van der Waals surface area (Å²) in [5.41, 5.74) is 0. The largest absolute Gasteiger partial charge is 0.452 e. The van der Waals surface area contributed by atoms with Gasteiger partial charge >= 0.3 is 6.18 Å². The van der Waals surface area contributed by atoms with Crippen molar-refractivity contribution in [2.24, 2.45) is 0 Å². The Bertz CT molecular complexity index is 478. The van der Waals surface area contributed by atoms with E-state index in [1.54, 1.807) is 11.8 Å². The number of anilines is 1. The molecule has 20 heavy (non-hydrogen) atoms. The lowest BCUT2D eigenvalue weighted by molar-refractivity contribution is -0.144. The number of amides is 1. The second-order valence-electron chi connectivity index (χ2n) is 4.21. The molecule has 2 rings (SSSR count). The van der Waals surface area contributed by atoms with E-state index >= 15 is 0 Å². The Morgan fingerprint density at radius 1 is 1.60 bits per heavy atom. The maximum atomic E-state index is 12.5. The van der Waals surface area contributed by atoms with Crippen LogP contribution in [0, 0.1) is 0 Å². The van der Waals surface area contributed by atoms with E-state index in [0.717, 1.165) is 0 Å². The number of nitrogens with one attached hydrogen (secondary N) is 2. The summed E-state index contributed by atoms with van der Waals surface area (Å²) in [5, 5.41) is 5.83. The summed E-state index contributed by atoms with van der Waals surface area (Å²) in [6.07, 6.45) is -4.57. The number of piperazine rings is 1. The maximum absolute atomic E-state index is 12.5. The molecule has 10 heteroatoms. The molecule has 0 saturated carbocycles. The van der Waals surface area contributed by atoms with Gasteiger partial charge in [0, 0.05) is 37.7 Å². The highest BCUT2D eigenvalue weighted by Gasteiger charge is 2.38. The summed E-state index contributed by atoms with van der Waals surface area (Å²) < 4.78 is 40.9. The van der Waals surface area contributed by atoms with E-state index in [4.69, 9.17) is 0 Å². The van der Waals surface area contributed by atoms with Crippen LogP contribution in [0.15, 0.2) is 0 Å². The van der Waals surface area contributed by atoms with Crippen LogP contribution in [-0.2, 0) is 11.0 Å². The quantitative estimate of drug-likeness (QED) is 0.849. The third-order valence-electron chi connectivity index (χ3n) is 2.81. The number of hydrogen-bond acceptors (Lipinski definition) is 6. The van der Waals surface area contributed by atoms with Crippen molar-refractivity contribution in [3.05, 3.63) is 5.82 Å². The van der Waals surface area contributed by atoms with E-state index in [1.807, 2.05) is 0 Å². The minimum absolute atomic E-state index is 0.120. The summed E-state index contributed by atoms with van der Waals surface area (Å²) in [5.74, 6) is -1.39. The highest BCUT2D eigenvalue weighted by atomic mass is 32.1. The average molecular weight is 309 g/mol. The molecule has 1 amide bonds.